The second kappa shape index (κ2) is 11.3. The molecule has 6 heteroatoms. The first-order valence-corrected chi connectivity index (χ1v) is 11.0. The van der Waals surface area contributed by atoms with E-state index in [-0.39, 0.29) is 11.9 Å². The van der Waals surface area contributed by atoms with Gasteiger partial charge in [-0.1, -0.05) is 59.3 Å². The second-order valence-corrected chi connectivity index (χ2v) is 8.08. The summed E-state index contributed by atoms with van der Waals surface area (Å²) in [5, 5.41) is 7.41. The average Bonchev–Trinajstić information content (AvgIpc) is 2.77. The number of hydrazone groups is 1. The van der Waals surface area contributed by atoms with Crippen LogP contribution in [0, 0.1) is 6.92 Å². The Morgan fingerprint density at radius 1 is 1.10 bits per heavy atom. The summed E-state index contributed by atoms with van der Waals surface area (Å²) in [6.45, 7) is 4.42. The van der Waals surface area contributed by atoms with Gasteiger partial charge >= 0.3 is 0 Å². The molecule has 0 aliphatic rings. The summed E-state index contributed by atoms with van der Waals surface area (Å²) in [7, 11) is 0. The second-order valence-electron chi connectivity index (χ2n) is 7.17. The van der Waals surface area contributed by atoms with Crippen molar-refractivity contribution in [2.24, 2.45) is 5.10 Å². The molecule has 1 atom stereocenters. The van der Waals surface area contributed by atoms with Crippen LogP contribution in [0.3, 0.4) is 0 Å². The van der Waals surface area contributed by atoms with Crippen LogP contribution in [0.25, 0.3) is 0 Å². The van der Waals surface area contributed by atoms with Gasteiger partial charge in [-0.25, -0.2) is 5.43 Å². The Balaban J connectivity index is 1.60. The third-order valence-corrected chi connectivity index (χ3v) is 5.16. The standard InChI is InChI=1S/C25H26BrN3O2/c1-3-23(28-22-12-6-8-18(2)14-22)25(30)29-27-16-20-10-4-5-13-24(20)31-17-19-9-7-11-21(26)15-19/h4-16,23,28H,3,17H2,1-2H3,(H,29,30)/t23-/m1/s1. The van der Waals surface area contributed by atoms with Crippen LogP contribution in [0.2, 0.25) is 0 Å². The zero-order valence-corrected chi connectivity index (χ0v) is 19.2. The van der Waals surface area contributed by atoms with Crippen molar-refractivity contribution < 1.29 is 9.53 Å². The SMILES string of the molecule is CC[C@@H](Nc1cccc(C)c1)C(=O)NN=Cc1ccccc1OCc1cccc(Br)c1. The quantitative estimate of drug-likeness (QED) is 0.306. The molecule has 2 N–H and O–H groups in total. The van der Waals surface area contributed by atoms with E-state index in [1.165, 1.54) is 0 Å². The molecular formula is C25H26BrN3O2. The van der Waals surface area contributed by atoms with E-state index in [4.69, 9.17) is 4.74 Å². The first-order valence-electron chi connectivity index (χ1n) is 10.2. The Morgan fingerprint density at radius 2 is 1.90 bits per heavy atom. The van der Waals surface area contributed by atoms with Crippen molar-refractivity contribution in [3.05, 3.63) is 94.0 Å². The third kappa shape index (κ3) is 6.96. The van der Waals surface area contributed by atoms with Gasteiger partial charge in [0.1, 0.15) is 18.4 Å². The Morgan fingerprint density at radius 3 is 2.68 bits per heavy atom. The molecule has 160 valence electrons. The first-order chi connectivity index (χ1) is 15.0. The van der Waals surface area contributed by atoms with E-state index in [2.05, 4.69) is 31.8 Å². The predicted molar refractivity (Wildman–Crippen MR) is 130 cm³/mol. The topological polar surface area (TPSA) is 62.7 Å². The molecule has 1 amide bonds. The molecule has 0 bridgehead atoms. The van der Waals surface area contributed by atoms with Crippen molar-refractivity contribution >= 4 is 33.7 Å². The molecule has 0 spiro atoms. The number of anilines is 1. The fourth-order valence-electron chi connectivity index (χ4n) is 3.04. The van der Waals surface area contributed by atoms with Gasteiger partial charge in [0.15, 0.2) is 0 Å². The summed E-state index contributed by atoms with van der Waals surface area (Å²) in [6, 6.07) is 23.1. The Labute approximate surface area is 191 Å². The van der Waals surface area contributed by atoms with Crippen LogP contribution in [0.15, 0.2) is 82.4 Å². The molecule has 0 aliphatic carbocycles. The van der Waals surface area contributed by atoms with Gasteiger partial charge < -0.3 is 10.1 Å². The van der Waals surface area contributed by atoms with E-state index in [1.54, 1.807) is 6.21 Å². The highest BCUT2D eigenvalue weighted by molar-refractivity contribution is 9.10. The van der Waals surface area contributed by atoms with Crippen molar-refractivity contribution in [1.82, 2.24) is 5.43 Å². The van der Waals surface area contributed by atoms with Crippen molar-refractivity contribution in [2.75, 3.05) is 5.32 Å². The molecule has 3 rings (SSSR count). The normalized spacial score (nSPS) is 11.8. The van der Waals surface area contributed by atoms with Crippen LogP contribution in [0.4, 0.5) is 5.69 Å². The lowest BCUT2D eigenvalue weighted by atomic mass is 10.1. The van der Waals surface area contributed by atoms with Crippen LogP contribution in [-0.2, 0) is 11.4 Å². The van der Waals surface area contributed by atoms with Crippen molar-refractivity contribution in [3.63, 3.8) is 0 Å². The van der Waals surface area contributed by atoms with Gasteiger partial charge in [0.05, 0.1) is 6.21 Å². The fraction of sp³-hybridized carbons (Fsp3) is 0.200. The minimum absolute atomic E-state index is 0.187. The number of nitrogens with zero attached hydrogens (tertiary/aromatic N) is 1. The zero-order valence-electron chi connectivity index (χ0n) is 17.6. The number of rotatable bonds is 9. The summed E-state index contributed by atoms with van der Waals surface area (Å²) >= 11 is 3.47. The number of amides is 1. The molecule has 0 saturated carbocycles. The van der Waals surface area contributed by atoms with E-state index in [1.807, 2.05) is 86.6 Å². The predicted octanol–water partition coefficient (Wildman–Crippen LogP) is 5.68. The summed E-state index contributed by atoms with van der Waals surface area (Å²) in [5.41, 5.74) is 6.53. The molecular weight excluding hydrogens is 454 g/mol. The largest absolute Gasteiger partial charge is 0.488 e. The molecule has 0 heterocycles. The molecule has 0 saturated heterocycles. The highest BCUT2D eigenvalue weighted by Gasteiger charge is 2.15. The van der Waals surface area contributed by atoms with E-state index in [0.29, 0.717) is 18.8 Å². The van der Waals surface area contributed by atoms with Crippen molar-refractivity contribution in [1.29, 1.82) is 0 Å². The maximum absolute atomic E-state index is 12.6. The van der Waals surface area contributed by atoms with Gasteiger partial charge in [-0.15, -0.1) is 0 Å². The van der Waals surface area contributed by atoms with E-state index < -0.39 is 0 Å². The number of hydrogen-bond acceptors (Lipinski definition) is 4. The van der Waals surface area contributed by atoms with Crippen molar-refractivity contribution in [3.8, 4) is 5.75 Å². The molecule has 0 fully saturated rings. The number of benzene rings is 3. The van der Waals surface area contributed by atoms with Crippen LogP contribution in [-0.4, -0.2) is 18.2 Å². The molecule has 5 nitrogen and oxygen atoms in total. The number of aryl methyl sites for hydroxylation is 1. The summed E-state index contributed by atoms with van der Waals surface area (Å²) in [5.74, 6) is 0.512. The third-order valence-electron chi connectivity index (χ3n) is 4.66. The highest BCUT2D eigenvalue weighted by Crippen LogP contribution is 2.19. The van der Waals surface area contributed by atoms with Crippen LogP contribution < -0.4 is 15.5 Å². The number of para-hydroxylation sites is 1. The fourth-order valence-corrected chi connectivity index (χ4v) is 3.49. The Bertz CT molecular complexity index is 1050. The Hall–Kier alpha value is -3.12. The van der Waals surface area contributed by atoms with Gasteiger partial charge in [-0.3, -0.25) is 4.79 Å². The van der Waals surface area contributed by atoms with E-state index >= 15 is 0 Å². The zero-order chi connectivity index (χ0) is 22.1. The van der Waals surface area contributed by atoms with E-state index in [9.17, 15) is 4.79 Å². The maximum atomic E-state index is 12.6. The van der Waals surface area contributed by atoms with Crippen molar-refractivity contribution in [2.45, 2.75) is 32.9 Å². The molecule has 3 aromatic rings. The number of ether oxygens (including phenoxy) is 1. The van der Waals surface area contributed by atoms with E-state index in [0.717, 1.165) is 26.9 Å². The van der Waals surface area contributed by atoms with Gasteiger partial charge in [-0.05, 0) is 60.9 Å². The van der Waals surface area contributed by atoms with Gasteiger partial charge in [-0.2, -0.15) is 5.10 Å². The summed E-state index contributed by atoms with van der Waals surface area (Å²) < 4.78 is 6.97. The molecule has 0 unspecified atom stereocenters. The number of carbonyl (C=O) groups excluding carboxylic acids is 1. The van der Waals surface area contributed by atoms with Crippen LogP contribution >= 0.6 is 15.9 Å². The van der Waals surface area contributed by atoms with Crippen LogP contribution in [0.5, 0.6) is 5.75 Å². The molecule has 0 aliphatic heterocycles. The minimum atomic E-state index is -0.373. The molecule has 3 aromatic carbocycles. The van der Waals surface area contributed by atoms with Gasteiger partial charge in [0, 0.05) is 15.7 Å². The average molecular weight is 480 g/mol. The number of nitrogens with one attached hydrogen (secondary N) is 2. The lowest BCUT2D eigenvalue weighted by molar-refractivity contribution is -0.121. The number of hydrogen-bond donors (Lipinski definition) is 2. The summed E-state index contributed by atoms with van der Waals surface area (Å²) in [6.07, 6.45) is 2.25. The highest BCUT2D eigenvalue weighted by atomic mass is 79.9. The molecule has 0 radical (unpaired) electrons. The smallest absolute Gasteiger partial charge is 0.262 e. The first kappa shape index (κ1) is 22.6. The molecule has 31 heavy (non-hydrogen) atoms. The monoisotopic (exact) mass is 479 g/mol. The minimum Gasteiger partial charge on any atom is -0.488 e. The number of carbonyl (C=O) groups is 1. The summed E-state index contributed by atoms with van der Waals surface area (Å²) in [4.78, 5) is 12.6. The lowest BCUT2D eigenvalue weighted by Crippen LogP contribution is -2.36. The Kier molecular flexibility index (Phi) is 8.24. The molecule has 0 aromatic heterocycles. The van der Waals surface area contributed by atoms with Crippen LogP contribution in [0.1, 0.15) is 30.0 Å². The van der Waals surface area contributed by atoms with Gasteiger partial charge in [0.2, 0.25) is 0 Å². The lowest BCUT2D eigenvalue weighted by Gasteiger charge is -2.16. The number of halogens is 1. The maximum Gasteiger partial charge on any atom is 0.262 e. The van der Waals surface area contributed by atoms with Gasteiger partial charge in [0.25, 0.3) is 5.91 Å².